The van der Waals surface area contributed by atoms with Gasteiger partial charge >= 0.3 is 17.9 Å². The molecule has 0 fully saturated rings. The van der Waals surface area contributed by atoms with E-state index in [0.717, 1.165) is 19.3 Å². The number of hydrogen-bond acceptors (Lipinski definition) is 5. The number of esters is 2. The summed E-state index contributed by atoms with van der Waals surface area (Å²) in [6, 6.07) is 5.84. The molecule has 0 bridgehead atoms. The lowest BCUT2D eigenvalue weighted by Gasteiger charge is -2.18. The highest BCUT2D eigenvalue weighted by Crippen LogP contribution is 2.15. The molecule has 28 heavy (non-hydrogen) atoms. The number of benzene rings is 1. The van der Waals surface area contributed by atoms with Gasteiger partial charge in [-0.3, -0.25) is 0 Å². The van der Waals surface area contributed by atoms with Crippen molar-refractivity contribution in [3.63, 3.8) is 0 Å². The quantitative estimate of drug-likeness (QED) is 0.296. The highest BCUT2D eigenvalue weighted by atomic mass is 16.6. The standard InChI is InChI=1S/C22H30O6/c1-4-5-6-7-8-9-12-17(28-21(25)16(2)3)15-27-22(26)19-14-11-10-13-18(19)20(23)24/h10-11,13-14,17H,2,4-9,12,15H2,1,3H3,(H,23,24). The molecule has 1 aromatic carbocycles. The molecule has 0 aliphatic carbocycles. The number of carboxylic acids is 1. The Morgan fingerprint density at radius 3 is 2.25 bits per heavy atom. The third-order valence-electron chi connectivity index (χ3n) is 4.28. The van der Waals surface area contributed by atoms with E-state index in [4.69, 9.17) is 9.47 Å². The Morgan fingerprint density at radius 1 is 1.04 bits per heavy atom. The van der Waals surface area contributed by atoms with Crippen LogP contribution >= 0.6 is 0 Å². The minimum atomic E-state index is -1.20. The average molecular weight is 390 g/mol. The van der Waals surface area contributed by atoms with E-state index >= 15 is 0 Å². The first kappa shape index (κ1) is 23.4. The number of unbranched alkanes of at least 4 members (excludes halogenated alkanes) is 5. The molecule has 1 N–H and O–H groups in total. The van der Waals surface area contributed by atoms with Crippen LogP contribution < -0.4 is 0 Å². The first-order valence-electron chi connectivity index (χ1n) is 9.72. The maximum Gasteiger partial charge on any atom is 0.339 e. The molecule has 0 spiro atoms. The van der Waals surface area contributed by atoms with Crippen molar-refractivity contribution in [3.05, 3.63) is 47.5 Å². The molecular weight excluding hydrogens is 360 g/mol. The van der Waals surface area contributed by atoms with Crippen molar-refractivity contribution in [3.8, 4) is 0 Å². The molecule has 0 aliphatic rings. The number of ether oxygens (including phenoxy) is 2. The van der Waals surface area contributed by atoms with Crippen LogP contribution in [0.25, 0.3) is 0 Å². The van der Waals surface area contributed by atoms with Crippen molar-refractivity contribution in [2.75, 3.05) is 6.61 Å². The van der Waals surface area contributed by atoms with Crippen LogP contribution in [0, 0.1) is 0 Å². The maximum absolute atomic E-state index is 12.3. The molecule has 0 radical (unpaired) electrons. The lowest BCUT2D eigenvalue weighted by atomic mass is 10.1. The fourth-order valence-corrected chi connectivity index (χ4v) is 2.67. The molecule has 0 saturated carbocycles. The minimum absolute atomic E-state index is 0.0282. The molecule has 1 rings (SSSR count). The maximum atomic E-state index is 12.3. The summed E-state index contributed by atoms with van der Waals surface area (Å²) in [6.07, 6.45) is 6.50. The van der Waals surface area contributed by atoms with E-state index in [9.17, 15) is 19.5 Å². The van der Waals surface area contributed by atoms with Crippen molar-refractivity contribution < 1.29 is 29.0 Å². The topological polar surface area (TPSA) is 89.9 Å². The van der Waals surface area contributed by atoms with E-state index in [1.54, 1.807) is 13.0 Å². The zero-order chi connectivity index (χ0) is 20.9. The smallest absolute Gasteiger partial charge is 0.339 e. The predicted molar refractivity (Wildman–Crippen MR) is 106 cm³/mol. The molecule has 6 heteroatoms. The molecule has 1 unspecified atom stereocenters. The van der Waals surface area contributed by atoms with Crippen molar-refractivity contribution in [2.45, 2.75) is 64.9 Å². The van der Waals surface area contributed by atoms with Gasteiger partial charge in [0.15, 0.2) is 0 Å². The van der Waals surface area contributed by atoms with Gasteiger partial charge in [0.25, 0.3) is 0 Å². The lowest BCUT2D eigenvalue weighted by molar-refractivity contribution is -0.146. The highest BCUT2D eigenvalue weighted by Gasteiger charge is 2.21. The van der Waals surface area contributed by atoms with Gasteiger partial charge in [-0.2, -0.15) is 0 Å². The molecule has 1 aromatic rings. The summed E-state index contributed by atoms with van der Waals surface area (Å²) in [7, 11) is 0. The Balaban J connectivity index is 2.64. The molecule has 6 nitrogen and oxygen atoms in total. The van der Waals surface area contributed by atoms with Gasteiger partial charge in [0.1, 0.15) is 12.7 Å². The number of carboxylic acid groups (broad SMARTS) is 1. The van der Waals surface area contributed by atoms with E-state index in [-0.39, 0.29) is 23.3 Å². The fraction of sp³-hybridized carbons (Fsp3) is 0.500. The highest BCUT2D eigenvalue weighted by molar-refractivity contribution is 6.02. The molecule has 0 aliphatic heterocycles. The van der Waals surface area contributed by atoms with Gasteiger partial charge in [-0.05, 0) is 31.9 Å². The van der Waals surface area contributed by atoms with Gasteiger partial charge in [0.2, 0.25) is 0 Å². The monoisotopic (exact) mass is 390 g/mol. The summed E-state index contributed by atoms with van der Waals surface area (Å²) in [5.74, 6) is -2.49. The zero-order valence-corrected chi connectivity index (χ0v) is 16.7. The largest absolute Gasteiger partial charge is 0.478 e. The zero-order valence-electron chi connectivity index (χ0n) is 16.7. The normalized spacial score (nSPS) is 11.5. The molecule has 154 valence electrons. The summed E-state index contributed by atoms with van der Waals surface area (Å²) >= 11 is 0. The first-order chi connectivity index (χ1) is 13.4. The lowest BCUT2D eigenvalue weighted by Crippen LogP contribution is -2.26. The molecule has 0 aromatic heterocycles. The van der Waals surface area contributed by atoms with Gasteiger partial charge in [-0.25, -0.2) is 14.4 Å². The SMILES string of the molecule is C=C(C)C(=O)OC(CCCCCCCC)COC(=O)c1ccccc1C(=O)O. The summed E-state index contributed by atoms with van der Waals surface area (Å²) < 4.78 is 10.6. The number of hydrogen-bond donors (Lipinski definition) is 1. The van der Waals surface area contributed by atoms with Crippen LogP contribution in [0.2, 0.25) is 0 Å². The van der Waals surface area contributed by atoms with Crippen LogP contribution in [0.4, 0.5) is 0 Å². The summed E-state index contributed by atoms with van der Waals surface area (Å²) in [4.78, 5) is 35.4. The van der Waals surface area contributed by atoms with Gasteiger partial charge in [0, 0.05) is 5.57 Å². The van der Waals surface area contributed by atoms with Crippen LogP contribution in [-0.4, -0.2) is 35.7 Å². The number of carbonyl (C=O) groups excluding carboxylic acids is 2. The number of carbonyl (C=O) groups is 3. The van der Waals surface area contributed by atoms with E-state index < -0.39 is 24.0 Å². The van der Waals surface area contributed by atoms with Crippen LogP contribution in [0.3, 0.4) is 0 Å². The van der Waals surface area contributed by atoms with Crippen LogP contribution in [0.5, 0.6) is 0 Å². The molecule has 0 amide bonds. The van der Waals surface area contributed by atoms with Crippen LogP contribution in [0.15, 0.2) is 36.4 Å². The van der Waals surface area contributed by atoms with Gasteiger partial charge < -0.3 is 14.6 Å². The molecule has 0 saturated heterocycles. The van der Waals surface area contributed by atoms with E-state index in [2.05, 4.69) is 13.5 Å². The second kappa shape index (κ2) is 12.7. The van der Waals surface area contributed by atoms with Crippen molar-refractivity contribution in [1.29, 1.82) is 0 Å². The number of aromatic carboxylic acids is 1. The van der Waals surface area contributed by atoms with Gasteiger partial charge in [-0.15, -0.1) is 0 Å². The van der Waals surface area contributed by atoms with Crippen molar-refractivity contribution in [2.24, 2.45) is 0 Å². The third-order valence-corrected chi connectivity index (χ3v) is 4.28. The van der Waals surface area contributed by atoms with Gasteiger partial charge in [-0.1, -0.05) is 57.7 Å². The first-order valence-corrected chi connectivity index (χ1v) is 9.72. The molecule has 0 heterocycles. The Bertz CT molecular complexity index is 679. The summed E-state index contributed by atoms with van der Waals surface area (Å²) in [6.45, 7) is 7.15. The van der Waals surface area contributed by atoms with Crippen molar-refractivity contribution >= 4 is 17.9 Å². The number of rotatable bonds is 13. The summed E-state index contributed by atoms with van der Waals surface area (Å²) in [5, 5.41) is 9.19. The Kier molecular flexibility index (Phi) is 10.6. The van der Waals surface area contributed by atoms with Crippen LogP contribution in [0.1, 0.15) is 79.5 Å². The second-order valence-corrected chi connectivity index (χ2v) is 6.81. The van der Waals surface area contributed by atoms with E-state index in [1.165, 1.54) is 37.5 Å². The molecular formula is C22H30O6. The minimum Gasteiger partial charge on any atom is -0.478 e. The van der Waals surface area contributed by atoms with E-state index in [1.807, 2.05) is 0 Å². The van der Waals surface area contributed by atoms with E-state index in [0.29, 0.717) is 6.42 Å². The van der Waals surface area contributed by atoms with Crippen molar-refractivity contribution in [1.82, 2.24) is 0 Å². The van der Waals surface area contributed by atoms with Gasteiger partial charge in [0.05, 0.1) is 11.1 Å². The fourth-order valence-electron chi connectivity index (χ4n) is 2.67. The third kappa shape index (κ3) is 8.37. The van der Waals surface area contributed by atoms with Crippen LogP contribution in [-0.2, 0) is 14.3 Å². The Labute approximate surface area is 166 Å². The second-order valence-electron chi connectivity index (χ2n) is 6.81. The summed E-state index contributed by atoms with van der Waals surface area (Å²) in [5.41, 5.74) is 0.119. The Morgan fingerprint density at radius 2 is 1.64 bits per heavy atom. The molecule has 1 atom stereocenters. The average Bonchev–Trinajstić information content (AvgIpc) is 2.67. The Hall–Kier alpha value is -2.63. The predicted octanol–water partition coefficient (Wildman–Crippen LogP) is 4.78.